The molecule has 0 aliphatic carbocycles. The molecule has 0 N–H and O–H groups in total. The second-order valence-corrected chi connectivity index (χ2v) is 2.55. The average Bonchev–Trinajstić information content (AvgIpc) is 1.90. The monoisotopic (exact) mass is 212 g/mol. The van der Waals surface area contributed by atoms with Gasteiger partial charge in [-0.3, -0.25) is 0 Å². The van der Waals surface area contributed by atoms with Crippen molar-refractivity contribution < 1.29 is 0 Å². The Kier molecular flexibility index (Phi) is 2.42. The first-order valence-electron chi connectivity index (χ1n) is 2.58. The van der Waals surface area contributed by atoms with Crippen LogP contribution in [0.15, 0.2) is 30.3 Å². The van der Waals surface area contributed by atoms with Gasteiger partial charge >= 0.3 is 63.3 Å². The standard InChI is InChI=1S/C7H7.Sb/c1-7-5-3-2-4-6-7;/h2-6H,1H2;. The topological polar surface area (TPSA) is 0 Å². The molecule has 0 spiro atoms. The van der Waals surface area contributed by atoms with Crippen molar-refractivity contribution in [2.45, 2.75) is 4.37 Å². The average molecular weight is 213 g/mol. The summed E-state index contributed by atoms with van der Waals surface area (Å²) in [5.74, 6) is 0. The zero-order chi connectivity index (χ0) is 5.82. The van der Waals surface area contributed by atoms with E-state index in [0.717, 1.165) is 0 Å². The molecule has 0 nitrogen and oxygen atoms in total. The maximum atomic E-state index is 2.15. The number of rotatable bonds is 1. The summed E-state index contributed by atoms with van der Waals surface area (Å²) >= 11 is 1.84. The molecule has 1 heteroatoms. The summed E-state index contributed by atoms with van der Waals surface area (Å²) in [4.78, 5) is 0. The van der Waals surface area contributed by atoms with Crippen LogP contribution in [0.3, 0.4) is 0 Å². The Balaban J connectivity index is 2.83. The van der Waals surface area contributed by atoms with E-state index in [9.17, 15) is 0 Å². The molecule has 40 valence electrons. The molecule has 1 aromatic rings. The third-order valence-electron chi connectivity index (χ3n) is 1.03. The van der Waals surface area contributed by atoms with Crippen molar-refractivity contribution in [3.63, 3.8) is 0 Å². The van der Waals surface area contributed by atoms with Crippen molar-refractivity contribution in [2.75, 3.05) is 0 Å². The predicted octanol–water partition coefficient (Wildman–Crippen LogP) is 1.36. The minimum absolute atomic E-state index is 1.19. The molecule has 1 rings (SSSR count). The van der Waals surface area contributed by atoms with Crippen LogP contribution in [0.25, 0.3) is 0 Å². The molecule has 0 saturated heterocycles. The molecular weight excluding hydrogens is 206 g/mol. The number of hydrogen-bond donors (Lipinski definition) is 0. The molecule has 0 atom stereocenters. The van der Waals surface area contributed by atoms with Crippen molar-refractivity contribution in [3.8, 4) is 0 Å². The van der Waals surface area contributed by atoms with Crippen LogP contribution in [0.5, 0.6) is 0 Å². The minimum atomic E-state index is 1.19. The normalized spacial score (nSPS) is 9.12. The van der Waals surface area contributed by atoms with Crippen LogP contribution in [-0.4, -0.2) is 23.0 Å². The van der Waals surface area contributed by atoms with Gasteiger partial charge in [0.05, 0.1) is 0 Å². The summed E-state index contributed by atoms with van der Waals surface area (Å²) in [5.41, 5.74) is 1.43. The summed E-state index contributed by atoms with van der Waals surface area (Å²) < 4.78 is 1.19. The van der Waals surface area contributed by atoms with Gasteiger partial charge in [0.25, 0.3) is 0 Å². The SMILES string of the molecule is [Sb][CH2]c1ccccc1. The number of hydrogen-bond acceptors (Lipinski definition) is 0. The predicted molar refractivity (Wildman–Crippen MR) is 35.9 cm³/mol. The van der Waals surface area contributed by atoms with Gasteiger partial charge in [0.15, 0.2) is 0 Å². The molecule has 0 heterocycles. The van der Waals surface area contributed by atoms with Gasteiger partial charge in [-0.05, 0) is 0 Å². The van der Waals surface area contributed by atoms with Crippen LogP contribution in [-0.2, 0) is 4.37 Å². The van der Waals surface area contributed by atoms with Gasteiger partial charge in [-0.15, -0.1) is 0 Å². The Morgan fingerprint density at radius 2 is 1.75 bits per heavy atom. The Morgan fingerprint density at radius 1 is 1.12 bits per heavy atom. The molecule has 0 saturated carbocycles. The maximum absolute atomic E-state index is 2.15. The van der Waals surface area contributed by atoms with Gasteiger partial charge in [0, 0.05) is 0 Å². The molecule has 8 heavy (non-hydrogen) atoms. The van der Waals surface area contributed by atoms with E-state index in [2.05, 4.69) is 24.3 Å². The molecule has 0 amide bonds. The van der Waals surface area contributed by atoms with Crippen molar-refractivity contribution >= 4 is 23.0 Å². The first kappa shape index (κ1) is 6.16. The summed E-state index contributed by atoms with van der Waals surface area (Å²) in [6.45, 7) is 0. The van der Waals surface area contributed by atoms with Crippen LogP contribution in [0.2, 0.25) is 0 Å². The van der Waals surface area contributed by atoms with Crippen LogP contribution in [0.1, 0.15) is 5.56 Å². The van der Waals surface area contributed by atoms with Crippen LogP contribution in [0, 0.1) is 0 Å². The molecule has 0 bridgehead atoms. The molecule has 0 fully saturated rings. The molecule has 0 aliphatic rings. The van der Waals surface area contributed by atoms with E-state index in [1.165, 1.54) is 9.93 Å². The van der Waals surface area contributed by atoms with Crippen LogP contribution >= 0.6 is 0 Å². The van der Waals surface area contributed by atoms with Crippen LogP contribution < -0.4 is 0 Å². The van der Waals surface area contributed by atoms with E-state index < -0.39 is 0 Å². The van der Waals surface area contributed by atoms with Crippen molar-refractivity contribution in [1.82, 2.24) is 0 Å². The van der Waals surface area contributed by atoms with Crippen molar-refractivity contribution in [1.29, 1.82) is 0 Å². The Morgan fingerprint density at radius 3 is 2.12 bits per heavy atom. The molecule has 0 aliphatic heterocycles. The molecule has 0 unspecified atom stereocenters. The van der Waals surface area contributed by atoms with Gasteiger partial charge in [0.1, 0.15) is 0 Å². The number of benzene rings is 1. The molecule has 0 aromatic heterocycles. The van der Waals surface area contributed by atoms with Gasteiger partial charge in [-0.2, -0.15) is 0 Å². The van der Waals surface area contributed by atoms with Gasteiger partial charge in [-0.25, -0.2) is 0 Å². The van der Waals surface area contributed by atoms with E-state index in [4.69, 9.17) is 0 Å². The van der Waals surface area contributed by atoms with E-state index in [1.807, 2.05) is 29.1 Å². The zero-order valence-electron chi connectivity index (χ0n) is 4.54. The third kappa shape index (κ3) is 1.52. The van der Waals surface area contributed by atoms with Crippen LogP contribution in [0.4, 0.5) is 0 Å². The Bertz CT molecular complexity index is 146. The summed E-state index contributed by atoms with van der Waals surface area (Å²) in [6.07, 6.45) is 0. The Hall–Kier alpha value is 0.0382. The fourth-order valence-electron chi connectivity index (χ4n) is 0.583. The quantitative estimate of drug-likeness (QED) is 0.617. The van der Waals surface area contributed by atoms with E-state index >= 15 is 0 Å². The summed E-state index contributed by atoms with van der Waals surface area (Å²) in [5, 5.41) is 0. The van der Waals surface area contributed by atoms with Gasteiger partial charge < -0.3 is 0 Å². The summed E-state index contributed by atoms with van der Waals surface area (Å²) in [7, 11) is 0. The zero-order valence-corrected chi connectivity index (χ0v) is 7.09. The second kappa shape index (κ2) is 3.14. The van der Waals surface area contributed by atoms with Crippen molar-refractivity contribution in [3.05, 3.63) is 35.9 Å². The van der Waals surface area contributed by atoms with E-state index in [-0.39, 0.29) is 0 Å². The van der Waals surface area contributed by atoms with Gasteiger partial charge in [-0.1, -0.05) is 0 Å². The van der Waals surface area contributed by atoms with E-state index in [0.29, 0.717) is 0 Å². The molecule has 1 aromatic carbocycles. The fourth-order valence-corrected chi connectivity index (χ4v) is 1.19. The third-order valence-corrected chi connectivity index (χ3v) is 2.07. The van der Waals surface area contributed by atoms with Crippen molar-refractivity contribution in [2.24, 2.45) is 0 Å². The Labute approximate surface area is 63.4 Å². The second-order valence-electron chi connectivity index (χ2n) is 1.64. The van der Waals surface area contributed by atoms with E-state index in [1.54, 1.807) is 0 Å². The van der Waals surface area contributed by atoms with Gasteiger partial charge in [0.2, 0.25) is 0 Å². The first-order valence-corrected chi connectivity index (χ1v) is 4.39. The summed E-state index contributed by atoms with van der Waals surface area (Å²) in [6, 6.07) is 10.5. The fraction of sp³-hybridized carbons (Fsp3) is 0.143. The first-order chi connectivity index (χ1) is 3.93. The molecular formula is C7H7Sb. The molecule has 2 radical (unpaired) electrons.